The van der Waals surface area contributed by atoms with E-state index >= 15 is 0 Å². The molecule has 0 atom stereocenters. The van der Waals surface area contributed by atoms with Crippen molar-refractivity contribution in [1.82, 2.24) is 4.98 Å². The van der Waals surface area contributed by atoms with Crippen LogP contribution in [0.3, 0.4) is 0 Å². The van der Waals surface area contributed by atoms with Crippen molar-refractivity contribution in [3.05, 3.63) is 107 Å². The molecule has 0 radical (unpaired) electrons. The minimum Gasteiger partial charge on any atom is -0.436 e. The number of fused-ring (bicyclic) bond motifs is 1. The molecule has 0 amide bonds. The van der Waals surface area contributed by atoms with Crippen LogP contribution in [0.4, 0.5) is 5.69 Å². The van der Waals surface area contributed by atoms with Crippen molar-refractivity contribution in [2.24, 2.45) is 4.99 Å². The zero-order chi connectivity index (χ0) is 27.9. The SMILES string of the molecule is Cc1cc(C)cc(-c2cccc3oc(-c4ccccc4N=Cc4cc(C(C)(C)C)cc(C(C)(C)C)c4)nc23)c1. The number of aliphatic imine (C=N–C) groups is 1. The van der Waals surface area contributed by atoms with Crippen LogP contribution in [0, 0.1) is 13.8 Å². The summed E-state index contributed by atoms with van der Waals surface area (Å²) in [5.74, 6) is 0.577. The quantitative estimate of drug-likeness (QED) is 0.224. The Bertz CT molecular complexity index is 1640. The Hall–Kier alpha value is -3.98. The number of aromatic nitrogens is 1. The lowest BCUT2D eigenvalue weighted by Gasteiger charge is -2.25. The van der Waals surface area contributed by atoms with Crippen molar-refractivity contribution in [1.29, 1.82) is 0 Å². The highest BCUT2D eigenvalue weighted by Crippen LogP contribution is 2.36. The number of nitrogens with zero attached hydrogens (tertiary/aromatic N) is 2. The Balaban J connectivity index is 1.57. The first kappa shape index (κ1) is 26.6. The molecular formula is C36H38N2O. The van der Waals surface area contributed by atoms with E-state index in [9.17, 15) is 0 Å². The normalized spacial score (nSPS) is 12.5. The van der Waals surface area contributed by atoms with Crippen LogP contribution in [0.1, 0.15) is 69.4 Å². The summed E-state index contributed by atoms with van der Waals surface area (Å²) >= 11 is 0. The molecule has 0 fully saturated rings. The fourth-order valence-electron chi connectivity index (χ4n) is 4.93. The molecule has 3 nitrogen and oxygen atoms in total. The largest absolute Gasteiger partial charge is 0.436 e. The summed E-state index contributed by atoms with van der Waals surface area (Å²) in [6.07, 6.45) is 1.97. The lowest BCUT2D eigenvalue weighted by molar-refractivity contribution is 0.568. The summed E-state index contributed by atoms with van der Waals surface area (Å²) in [7, 11) is 0. The number of para-hydroxylation sites is 2. The molecule has 0 aliphatic rings. The topological polar surface area (TPSA) is 38.4 Å². The van der Waals surface area contributed by atoms with Gasteiger partial charge >= 0.3 is 0 Å². The van der Waals surface area contributed by atoms with Gasteiger partial charge in [-0.15, -0.1) is 0 Å². The van der Waals surface area contributed by atoms with Gasteiger partial charge in [-0.25, -0.2) is 4.98 Å². The maximum atomic E-state index is 6.31. The van der Waals surface area contributed by atoms with Crippen LogP contribution in [-0.4, -0.2) is 11.2 Å². The molecule has 39 heavy (non-hydrogen) atoms. The molecule has 4 aromatic carbocycles. The summed E-state index contributed by atoms with van der Waals surface area (Å²) in [4.78, 5) is 9.93. The lowest BCUT2D eigenvalue weighted by atomic mass is 9.79. The van der Waals surface area contributed by atoms with Crippen LogP contribution in [-0.2, 0) is 10.8 Å². The predicted octanol–water partition coefficient (Wildman–Crippen LogP) is 10.1. The molecule has 0 saturated heterocycles. The van der Waals surface area contributed by atoms with Crippen molar-refractivity contribution < 1.29 is 4.42 Å². The molecule has 5 rings (SSSR count). The van der Waals surface area contributed by atoms with E-state index in [0.29, 0.717) is 5.89 Å². The van der Waals surface area contributed by atoms with E-state index in [1.165, 1.54) is 22.3 Å². The van der Waals surface area contributed by atoms with Gasteiger partial charge < -0.3 is 4.42 Å². The molecule has 0 spiro atoms. The third kappa shape index (κ3) is 5.73. The molecule has 0 aliphatic carbocycles. The summed E-state index contributed by atoms with van der Waals surface area (Å²) in [6, 6.07) is 27.6. The Labute approximate surface area is 232 Å². The van der Waals surface area contributed by atoms with Crippen molar-refractivity contribution in [2.75, 3.05) is 0 Å². The Kier molecular flexibility index (Phi) is 6.80. The maximum Gasteiger partial charge on any atom is 0.229 e. The molecule has 1 aromatic heterocycles. The number of hydrogen-bond acceptors (Lipinski definition) is 3. The first-order chi connectivity index (χ1) is 18.4. The van der Waals surface area contributed by atoms with E-state index in [4.69, 9.17) is 14.4 Å². The molecule has 0 unspecified atom stereocenters. The van der Waals surface area contributed by atoms with Crippen molar-refractivity contribution in [2.45, 2.75) is 66.2 Å². The number of rotatable bonds is 4. The summed E-state index contributed by atoms with van der Waals surface area (Å²) < 4.78 is 6.31. The summed E-state index contributed by atoms with van der Waals surface area (Å²) in [5, 5.41) is 0. The van der Waals surface area contributed by atoms with E-state index in [1.807, 2.05) is 42.6 Å². The minimum absolute atomic E-state index is 0.0491. The second-order valence-corrected chi connectivity index (χ2v) is 12.7. The molecule has 198 valence electrons. The van der Waals surface area contributed by atoms with Gasteiger partial charge in [-0.05, 0) is 77.3 Å². The number of benzene rings is 4. The third-order valence-corrected chi connectivity index (χ3v) is 7.13. The van der Waals surface area contributed by atoms with E-state index in [2.05, 4.69) is 97.9 Å². The minimum atomic E-state index is 0.0491. The van der Waals surface area contributed by atoms with Gasteiger partial charge in [-0.2, -0.15) is 0 Å². The van der Waals surface area contributed by atoms with Crippen LogP contribution in [0.2, 0.25) is 0 Å². The van der Waals surface area contributed by atoms with Gasteiger partial charge in [0.15, 0.2) is 5.58 Å². The third-order valence-electron chi connectivity index (χ3n) is 7.13. The standard InChI is InChI=1S/C36H38N2O/c1-23-16-24(2)18-26(17-23)29-13-11-15-32-33(29)38-34(39-32)30-12-9-10-14-31(30)37-22-25-19-27(35(3,4)5)21-28(20-25)36(6,7)8/h9-22H,1-8H3. The molecule has 0 saturated carbocycles. The van der Waals surface area contributed by atoms with Crippen molar-refractivity contribution in [3.8, 4) is 22.6 Å². The molecule has 0 bridgehead atoms. The summed E-state index contributed by atoms with van der Waals surface area (Å²) in [6.45, 7) is 17.8. The molecule has 1 heterocycles. The molecular weight excluding hydrogens is 476 g/mol. The highest BCUT2D eigenvalue weighted by atomic mass is 16.3. The van der Waals surface area contributed by atoms with E-state index < -0.39 is 0 Å². The van der Waals surface area contributed by atoms with E-state index in [-0.39, 0.29) is 10.8 Å². The zero-order valence-electron chi connectivity index (χ0n) is 24.4. The number of oxazole rings is 1. The average Bonchev–Trinajstić information content (AvgIpc) is 3.30. The Morgan fingerprint density at radius 2 is 1.31 bits per heavy atom. The fraction of sp³-hybridized carbons (Fsp3) is 0.278. The molecule has 0 aliphatic heterocycles. The van der Waals surface area contributed by atoms with Crippen LogP contribution >= 0.6 is 0 Å². The lowest BCUT2D eigenvalue weighted by Crippen LogP contribution is -2.17. The highest BCUT2D eigenvalue weighted by Gasteiger charge is 2.20. The van der Waals surface area contributed by atoms with Gasteiger partial charge in [-0.3, -0.25) is 4.99 Å². The van der Waals surface area contributed by atoms with Gasteiger partial charge in [0.2, 0.25) is 5.89 Å². The number of hydrogen-bond donors (Lipinski definition) is 0. The second kappa shape index (κ2) is 9.96. The van der Waals surface area contributed by atoms with Crippen molar-refractivity contribution >= 4 is 23.0 Å². The smallest absolute Gasteiger partial charge is 0.229 e. The van der Waals surface area contributed by atoms with Gasteiger partial charge in [0, 0.05) is 11.8 Å². The molecule has 5 aromatic rings. The van der Waals surface area contributed by atoms with Crippen LogP contribution in [0.25, 0.3) is 33.7 Å². The predicted molar refractivity (Wildman–Crippen MR) is 165 cm³/mol. The first-order valence-electron chi connectivity index (χ1n) is 13.7. The van der Waals surface area contributed by atoms with Crippen LogP contribution < -0.4 is 0 Å². The fourth-order valence-corrected chi connectivity index (χ4v) is 4.93. The molecule has 0 N–H and O–H groups in total. The van der Waals surface area contributed by atoms with Gasteiger partial charge in [-0.1, -0.05) is 101 Å². The van der Waals surface area contributed by atoms with Gasteiger partial charge in [0.25, 0.3) is 0 Å². The van der Waals surface area contributed by atoms with Crippen LogP contribution in [0.15, 0.2) is 88.3 Å². The van der Waals surface area contributed by atoms with E-state index in [1.54, 1.807) is 0 Å². The maximum absolute atomic E-state index is 6.31. The van der Waals surface area contributed by atoms with E-state index in [0.717, 1.165) is 39.0 Å². The first-order valence-corrected chi connectivity index (χ1v) is 13.7. The average molecular weight is 515 g/mol. The van der Waals surface area contributed by atoms with Crippen LogP contribution in [0.5, 0.6) is 0 Å². The zero-order valence-corrected chi connectivity index (χ0v) is 24.4. The summed E-state index contributed by atoms with van der Waals surface area (Å²) in [5.41, 5.74) is 11.8. The monoisotopic (exact) mass is 514 g/mol. The van der Waals surface area contributed by atoms with Gasteiger partial charge in [0.1, 0.15) is 5.52 Å². The van der Waals surface area contributed by atoms with Crippen molar-refractivity contribution in [3.63, 3.8) is 0 Å². The second-order valence-electron chi connectivity index (χ2n) is 12.7. The Morgan fingerprint density at radius 3 is 1.95 bits per heavy atom. The Morgan fingerprint density at radius 1 is 0.692 bits per heavy atom. The van der Waals surface area contributed by atoms with Gasteiger partial charge in [0.05, 0.1) is 11.3 Å². The highest BCUT2D eigenvalue weighted by molar-refractivity contribution is 5.93. The molecule has 3 heteroatoms. The number of aryl methyl sites for hydroxylation is 2.